The van der Waals surface area contributed by atoms with Gasteiger partial charge in [-0.3, -0.25) is 10.1 Å². The fourth-order valence-corrected chi connectivity index (χ4v) is 3.14. The molecule has 21 heavy (non-hydrogen) atoms. The van der Waals surface area contributed by atoms with Crippen LogP contribution >= 0.6 is 0 Å². The molecule has 0 N–H and O–H groups in total. The van der Waals surface area contributed by atoms with Crippen molar-refractivity contribution in [3.05, 3.63) is 75.8 Å². The maximum atomic E-state index is 11.4. The molecule has 3 rings (SSSR count). The van der Waals surface area contributed by atoms with Gasteiger partial charge in [0.1, 0.15) is 6.04 Å². The standard InChI is InChI=1S/C17H18N2O2/c1-13(19(20)21)17-16-10-6-5-7-14(16)11-12-18(17)15-8-3-2-4-9-15/h2-10,13,17H,11-12H2,1H3. The van der Waals surface area contributed by atoms with Crippen LogP contribution in [0.2, 0.25) is 0 Å². The number of para-hydroxylation sites is 1. The highest BCUT2D eigenvalue weighted by Crippen LogP contribution is 2.36. The Kier molecular flexibility index (Phi) is 3.60. The highest BCUT2D eigenvalue weighted by molar-refractivity contribution is 5.52. The lowest BCUT2D eigenvalue weighted by atomic mass is 9.88. The quantitative estimate of drug-likeness (QED) is 0.640. The molecule has 0 fully saturated rings. The molecular weight excluding hydrogens is 264 g/mol. The van der Waals surface area contributed by atoms with Crippen molar-refractivity contribution in [1.82, 2.24) is 0 Å². The van der Waals surface area contributed by atoms with Gasteiger partial charge in [0.05, 0.1) is 0 Å². The summed E-state index contributed by atoms with van der Waals surface area (Å²) in [5, 5.41) is 11.4. The number of fused-ring (bicyclic) bond motifs is 1. The molecule has 1 heterocycles. The fourth-order valence-electron chi connectivity index (χ4n) is 3.14. The third-order valence-corrected chi connectivity index (χ3v) is 4.21. The number of hydrogen-bond acceptors (Lipinski definition) is 3. The van der Waals surface area contributed by atoms with Crippen LogP contribution in [0.1, 0.15) is 24.1 Å². The van der Waals surface area contributed by atoms with Gasteiger partial charge in [-0.15, -0.1) is 0 Å². The predicted octanol–water partition coefficient (Wildman–Crippen LogP) is 3.46. The minimum absolute atomic E-state index is 0.178. The van der Waals surface area contributed by atoms with Gasteiger partial charge in [0.2, 0.25) is 6.04 Å². The minimum atomic E-state index is -0.647. The second-order valence-corrected chi connectivity index (χ2v) is 5.45. The monoisotopic (exact) mass is 282 g/mol. The van der Waals surface area contributed by atoms with Crippen LogP contribution < -0.4 is 4.90 Å². The third kappa shape index (κ3) is 2.49. The zero-order valence-electron chi connectivity index (χ0n) is 12.0. The normalized spacial score (nSPS) is 18.9. The lowest BCUT2D eigenvalue weighted by Crippen LogP contribution is -2.43. The van der Waals surface area contributed by atoms with E-state index in [1.165, 1.54) is 5.56 Å². The van der Waals surface area contributed by atoms with E-state index in [4.69, 9.17) is 0 Å². The molecule has 2 atom stereocenters. The number of anilines is 1. The topological polar surface area (TPSA) is 46.4 Å². The summed E-state index contributed by atoms with van der Waals surface area (Å²) in [6.45, 7) is 2.51. The molecule has 0 saturated carbocycles. The molecule has 2 aromatic rings. The van der Waals surface area contributed by atoms with Crippen LogP contribution in [0.15, 0.2) is 54.6 Å². The molecule has 4 heteroatoms. The van der Waals surface area contributed by atoms with Crippen LogP contribution in [0.4, 0.5) is 5.69 Å². The summed E-state index contributed by atoms with van der Waals surface area (Å²) in [4.78, 5) is 13.3. The molecule has 0 spiro atoms. The average Bonchev–Trinajstić information content (AvgIpc) is 2.53. The molecule has 4 nitrogen and oxygen atoms in total. The van der Waals surface area contributed by atoms with Gasteiger partial charge in [-0.05, 0) is 29.7 Å². The molecule has 0 aromatic heterocycles. The number of nitro groups is 1. The molecule has 2 aromatic carbocycles. The van der Waals surface area contributed by atoms with Crippen LogP contribution in [0.5, 0.6) is 0 Å². The molecule has 1 aliphatic heterocycles. The van der Waals surface area contributed by atoms with Crippen LogP contribution in [0.25, 0.3) is 0 Å². The molecule has 1 aliphatic rings. The van der Waals surface area contributed by atoms with Crippen LogP contribution in [0, 0.1) is 10.1 Å². The zero-order chi connectivity index (χ0) is 14.8. The summed E-state index contributed by atoms with van der Waals surface area (Å²) in [7, 11) is 0. The van der Waals surface area contributed by atoms with E-state index in [-0.39, 0.29) is 11.0 Å². The summed E-state index contributed by atoms with van der Waals surface area (Å²) in [5.41, 5.74) is 3.35. The Morgan fingerprint density at radius 2 is 1.81 bits per heavy atom. The first-order chi connectivity index (χ1) is 10.2. The van der Waals surface area contributed by atoms with Crippen molar-refractivity contribution < 1.29 is 4.92 Å². The highest BCUT2D eigenvalue weighted by atomic mass is 16.6. The van der Waals surface area contributed by atoms with Crippen molar-refractivity contribution in [2.75, 3.05) is 11.4 Å². The Balaban J connectivity index is 2.07. The van der Waals surface area contributed by atoms with Crippen molar-refractivity contribution in [3.8, 4) is 0 Å². The first-order valence-electron chi connectivity index (χ1n) is 7.21. The maximum absolute atomic E-state index is 11.4. The molecule has 0 radical (unpaired) electrons. The Bertz CT molecular complexity index is 642. The van der Waals surface area contributed by atoms with Gasteiger partial charge >= 0.3 is 0 Å². The molecular formula is C17H18N2O2. The minimum Gasteiger partial charge on any atom is -0.358 e. The fraction of sp³-hybridized carbons (Fsp3) is 0.294. The maximum Gasteiger partial charge on any atom is 0.234 e. The summed E-state index contributed by atoms with van der Waals surface area (Å²) in [6, 6.07) is 17.2. The number of nitrogens with zero attached hydrogens (tertiary/aromatic N) is 2. The van der Waals surface area contributed by atoms with Gasteiger partial charge in [0, 0.05) is 24.1 Å². The predicted molar refractivity (Wildman–Crippen MR) is 83.1 cm³/mol. The van der Waals surface area contributed by atoms with E-state index in [0.717, 1.165) is 24.2 Å². The van der Waals surface area contributed by atoms with E-state index in [0.29, 0.717) is 0 Å². The van der Waals surface area contributed by atoms with Crippen LogP contribution in [-0.4, -0.2) is 17.5 Å². The SMILES string of the molecule is CC(C1c2ccccc2CCN1c1ccccc1)[N+](=O)[O-]. The first-order valence-corrected chi connectivity index (χ1v) is 7.21. The Labute approximate surface area is 124 Å². The van der Waals surface area contributed by atoms with Crippen molar-refractivity contribution in [3.63, 3.8) is 0 Å². The van der Waals surface area contributed by atoms with Crippen LogP contribution in [0.3, 0.4) is 0 Å². The molecule has 0 saturated heterocycles. The molecule has 0 bridgehead atoms. The van der Waals surface area contributed by atoms with Crippen LogP contribution in [-0.2, 0) is 6.42 Å². The van der Waals surface area contributed by atoms with E-state index in [1.807, 2.05) is 48.5 Å². The lowest BCUT2D eigenvalue weighted by Gasteiger charge is -2.39. The largest absolute Gasteiger partial charge is 0.358 e. The van der Waals surface area contributed by atoms with Gasteiger partial charge in [-0.1, -0.05) is 42.5 Å². The Morgan fingerprint density at radius 3 is 2.52 bits per heavy atom. The number of rotatable bonds is 3. The summed E-state index contributed by atoms with van der Waals surface area (Å²) in [5.74, 6) is 0. The summed E-state index contributed by atoms with van der Waals surface area (Å²) >= 11 is 0. The van der Waals surface area contributed by atoms with Gasteiger partial charge in [-0.2, -0.15) is 0 Å². The smallest absolute Gasteiger partial charge is 0.234 e. The number of benzene rings is 2. The lowest BCUT2D eigenvalue weighted by molar-refractivity contribution is -0.522. The summed E-state index contributed by atoms with van der Waals surface area (Å²) in [6.07, 6.45) is 0.923. The molecule has 2 unspecified atom stereocenters. The van der Waals surface area contributed by atoms with E-state index in [2.05, 4.69) is 11.0 Å². The summed E-state index contributed by atoms with van der Waals surface area (Å²) < 4.78 is 0. The van der Waals surface area contributed by atoms with Crippen molar-refractivity contribution in [2.24, 2.45) is 0 Å². The van der Waals surface area contributed by atoms with Crippen molar-refractivity contribution in [2.45, 2.75) is 25.4 Å². The van der Waals surface area contributed by atoms with Gasteiger partial charge in [-0.25, -0.2) is 0 Å². The average molecular weight is 282 g/mol. The Morgan fingerprint density at radius 1 is 1.14 bits per heavy atom. The zero-order valence-corrected chi connectivity index (χ0v) is 12.0. The number of hydrogen-bond donors (Lipinski definition) is 0. The van der Waals surface area contributed by atoms with Crippen molar-refractivity contribution in [1.29, 1.82) is 0 Å². The van der Waals surface area contributed by atoms with E-state index < -0.39 is 6.04 Å². The second-order valence-electron chi connectivity index (χ2n) is 5.45. The third-order valence-electron chi connectivity index (χ3n) is 4.21. The first kappa shape index (κ1) is 13.6. The second kappa shape index (κ2) is 5.56. The van der Waals surface area contributed by atoms with E-state index >= 15 is 0 Å². The van der Waals surface area contributed by atoms with E-state index in [1.54, 1.807) is 6.92 Å². The molecule has 0 aliphatic carbocycles. The van der Waals surface area contributed by atoms with Gasteiger partial charge < -0.3 is 4.90 Å². The molecule has 108 valence electrons. The molecule has 0 amide bonds. The van der Waals surface area contributed by atoms with Crippen molar-refractivity contribution >= 4 is 5.69 Å². The van der Waals surface area contributed by atoms with Gasteiger partial charge in [0.25, 0.3) is 0 Å². The van der Waals surface area contributed by atoms with Gasteiger partial charge in [0.15, 0.2) is 0 Å². The Hall–Kier alpha value is -2.36. The highest BCUT2D eigenvalue weighted by Gasteiger charge is 2.37. The van der Waals surface area contributed by atoms with E-state index in [9.17, 15) is 10.1 Å².